The van der Waals surface area contributed by atoms with Crippen molar-refractivity contribution in [1.82, 2.24) is 19.4 Å². The number of pyridine rings is 1. The highest BCUT2D eigenvalue weighted by Gasteiger charge is 2.16. The second-order valence-corrected chi connectivity index (χ2v) is 11.0. The zero-order valence-corrected chi connectivity index (χ0v) is 24.5. The number of fused-ring (bicyclic) bond motifs is 3. The van der Waals surface area contributed by atoms with Crippen LogP contribution in [0.25, 0.3) is 62.0 Å². The van der Waals surface area contributed by atoms with Gasteiger partial charge in [-0.3, -0.25) is 0 Å². The summed E-state index contributed by atoms with van der Waals surface area (Å²) in [4.78, 5) is 16.4. The normalized spacial score (nSPS) is 11.5. The number of rotatable bonds is 6. The van der Waals surface area contributed by atoms with Crippen molar-refractivity contribution < 1.29 is 8.83 Å². The van der Waals surface area contributed by atoms with E-state index in [1.807, 2.05) is 102 Å². The fraction of sp³-hybridized carbons (Fsp3) is 0. The smallest absolute Gasteiger partial charge is 0.227 e. The lowest BCUT2D eigenvalue weighted by Gasteiger charge is -2.26. The van der Waals surface area contributed by atoms with Gasteiger partial charge in [0.05, 0.1) is 5.69 Å². The highest BCUT2D eigenvalue weighted by Crippen LogP contribution is 2.38. The maximum Gasteiger partial charge on any atom is 0.227 e. The van der Waals surface area contributed by atoms with Gasteiger partial charge in [0, 0.05) is 46.1 Å². The maximum absolute atomic E-state index is 6.03. The van der Waals surface area contributed by atoms with Gasteiger partial charge in [-0.05, 0) is 97.1 Å². The summed E-state index contributed by atoms with van der Waals surface area (Å²) in [6.45, 7) is 0. The Labute approximate surface area is 263 Å². The molecule has 0 aliphatic heterocycles. The molecule has 0 bridgehead atoms. The van der Waals surface area contributed by atoms with E-state index < -0.39 is 0 Å². The molecule has 5 aromatic carbocycles. The van der Waals surface area contributed by atoms with E-state index in [1.54, 1.807) is 0 Å². The first kappa shape index (κ1) is 26.0. The summed E-state index contributed by atoms with van der Waals surface area (Å²) in [6.07, 6.45) is 4.06. The Morgan fingerprint density at radius 3 is 1.43 bits per heavy atom. The van der Waals surface area contributed by atoms with Crippen molar-refractivity contribution in [2.45, 2.75) is 0 Å². The van der Waals surface area contributed by atoms with E-state index >= 15 is 0 Å². The average Bonchev–Trinajstić information content (AvgIpc) is 3.86. The minimum Gasteiger partial charge on any atom is -0.436 e. The van der Waals surface area contributed by atoms with Crippen molar-refractivity contribution >= 4 is 44.9 Å². The monoisotopic (exact) mass is 595 g/mol. The van der Waals surface area contributed by atoms with E-state index in [0.29, 0.717) is 11.8 Å². The maximum atomic E-state index is 6.03. The number of hydrogen-bond donors (Lipinski definition) is 0. The van der Waals surface area contributed by atoms with Crippen LogP contribution in [0.5, 0.6) is 0 Å². The highest BCUT2D eigenvalue weighted by atomic mass is 16.4. The average molecular weight is 596 g/mol. The molecule has 0 saturated carbocycles. The summed E-state index contributed by atoms with van der Waals surface area (Å²) in [5, 5.41) is 0. The lowest BCUT2D eigenvalue weighted by atomic mass is 10.1. The van der Waals surface area contributed by atoms with Gasteiger partial charge in [-0.2, -0.15) is 0 Å². The SMILES string of the molecule is c1ccc2oc(-c3ccc(N(c4ccc(-c5cn6ccccc6n5)cc4)c4ccc(-c5nc6ccccc6o5)cc4)cc3)nc2c1. The van der Waals surface area contributed by atoms with Gasteiger partial charge >= 0.3 is 0 Å². The van der Waals surface area contributed by atoms with Crippen molar-refractivity contribution in [2.75, 3.05) is 4.90 Å². The molecule has 9 rings (SSSR count). The number of para-hydroxylation sites is 4. The van der Waals surface area contributed by atoms with E-state index in [-0.39, 0.29) is 0 Å². The van der Waals surface area contributed by atoms with Crippen LogP contribution in [0.1, 0.15) is 0 Å². The van der Waals surface area contributed by atoms with Crippen LogP contribution >= 0.6 is 0 Å². The minimum absolute atomic E-state index is 0.596. The molecule has 4 heterocycles. The number of hydrogen-bond acceptors (Lipinski definition) is 6. The van der Waals surface area contributed by atoms with Crippen molar-refractivity contribution in [3.8, 4) is 34.2 Å². The fourth-order valence-corrected chi connectivity index (χ4v) is 5.80. The first-order chi connectivity index (χ1) is 22.7. The Balaban J connectivity index is 1.09. The first-order valence-electron chi connectivity index (χ1n) is 15.0. The van der Waals surface area contributed by atoms with Gasteiger partial charge in [0.2, 0.25) is 11.8 Å². The fourth-order valence-electron chi connectivity index (χ4n) is 5.80. The highest BCUT2D eigenvalue weighted by molar-refractivity contribution is 5.82. The summed E-state index contributed by atoms with van der Waals surface area (Å²) < 4.78 is 14.1. The minimum atomic E-state index is 0.596. The molecule has 4 aromatic heterocycles. The zero-order valence-electron chi connectivity index (χ0n) is 24.5. The van der Waals surface area contributed by atoms with Gasteiger partial charge in [-0.1, -0.05) is 42.5 Å². The van der Waals surface area contributed by atoms with Crippen molar-refractivity contribution in [2.24, 2.45) is 0 Å². The van der Waals surface area contributed by atoms with Gasteiger partial charge in [-0.25, -0.2) is 15.0 Å². The van der Waals surface area contributed by atoms with E-state index in [2.05, 4.69) is 69.6 Å². The Bertz CT molecular complexity index is 2090. The van der Waals surface area contributed by atoms with Crippen LogP contribution in [-0.4, -0.2) is 19.4 Å². The number of nitrogens with zero attached hydrogens (tertiary/aromatic N) is 5. The molecule has 7 nitrogen and oxygen atoms in total. The predicted octanol–water partition coefficient (Wildman–Crippen LogP) is 10.1. The van der Waals surface area contributed by atoms with E-state index in [4.69, 9.17) is 13.8 Å². The molecule has 218 valence electrons. The summed E-state index contributed by atoms with van der Waals surface area (Å²) in [5.74, 6) is 1.19. The molecule has 0 aliphatic carbocycles. The second-order valence-electron chi connectivity index (χ2n) is 11.0. The molecule has 0 aliphatic rings. The number of imidazole rings is 1. The lowest BCUT2D eigenvalue weighted by molar-refractivity contribution is 0.619. The molecule has 0 fully saturated rings. The number of benzene rings is 5. The Kier molecular flexibility index (Phi) is 5.99. The quantitative estimate of drug-likeness (QED) is 0.190. The van der Waals surface area contributed by atoms with Gasteiger partial charge in [0.15, 0.2) is 11.2 Å². The summed E-state index contributed by atoms with van der Waals surface area (Å²) in [6, 6.07) is 46.7. The van der Waals surface area contributed by atoms with Crippen LogP contribution in [0.3, 0.4) is 0 Å². The molecule has 0 unspecified atom stereocenters. The molecule has 46 heavy (non-hydrogen) atoms. The third-order valence-electron chi connectivity index (χ3n) is 8.12. The van der Waals surface area contributed by atoms with Crippen LogP contribution in [-0.2, 0) is 0 Å². The van der Waals surface area contributed by atoms with E-state index in [9.17, 15) is 0 Å². The van der Waals surface area contributed by atoms with E-state index in [1.165, 1.54) is 0 Å². The summed E-state index contributed by atoms with van der Waals surface area (Å²) in [5.41, 5.74) is 10.9. The summed E-state index contributed by atoms with van der Waals surface area (Å²) in [7, 11) is 0. The molecular weight excluding hydrogens is 570 g/mol. The molecule has 0 atom stereocenters. The first-order valence-corrected chi connectivity index (χ1v) is 15.0. The van der Waals surface area contributed by atoms with Crippen LogP contribution in [0.2, 0.25) is 0 Å². The van der Waals surface area contributed by atoms with Crippen LogP contribution < -0.4 is 4.90 Å². The van der Waals surface area contributed by atoms with E-state index in [0.717, 1.165) is 67.3 Å². The Hall–Kier alpha value is -6.47. The number of aromatic nitrogens is 4. The Morgan fingerprint density at radius 2 is 0.935 bits per heavy atom. The third kappa shape index (κ3) is 4.58. The van der Waals surface area contributed by atoms with Gasteiger partial charge < -0.3 is 18.1 Å². The Morgan fingerprint density at radius 1 is 0.457 bits per heavy atom. The predicted molar refractivity (Wildman–Crippen MR) is 181 cm³/mol. The van der Waals surface area contributed by atoms with Crippen LogP contribution in [0, 0.1) is 0 Å². The van der Waals surface area contributed by atoms with Gasteiger partial charge in [-0.15, -0.1) is 0 Å². The third-order valence-corrected chi connectivity index (χ3v) is 8.12. The second kappa shape index (κ2) is 10.6. The summed E-state index contributed by atoms with van der Waals surface area (Å²) >= 11 is 0. The molecule has 9 aromatic rings. The molecule has 7 heteroatoms. The molecular formula is C39H25N5O2. The largest absolute Gasteiger partial charge is 0.436 e. The molecule has 0 radical (unpaired) electrons. The molecule has 0 spiro atoms. The van der Waals surface area contributed by atoms with Gasteiger partial charge in [0.25, 0.3) is 0 Å². The number of oxazole rings is 2. The zero-order chi connectivity index (χ0) is 30.5. The van der Waals surface area contributed by atoms with Crippen molar-refractivity contribution in [3.05, 3.63) is 152 Å². The van der Waals surface area contributed by atoms with Crippen molar-refractivity contribution in [3.63, 3.8) is 0 Å². The molecule has 0 N–H and O–H groups in total. The topological polar surface area (TPSA) is 72.6 Å². The standard InChI is InChI=1S/C39H25N5O2/c1-3-9-35-32(7-1)41-38(45-35)27-14-20-30(21-15-27)44(29-18-12-26(13-19-29)34-25-43-24-6-5-11-37(43)40-34)31-22-16-28(17-23-31)39-42-33-8-2-4-10-36(33)46-39/h1-25H. The lowest BCUT2D eigenvalue weighted by Crippen LogP contribution is -2.09. The van der Waals surface area contributed by atoms with Crippen molar-refractivity contribution in [1.29, 1.82) is 0 Å². The van der Waals surface area contributed by atoms with Crippen LogP contribution in [0.15, 0.2) is 161 Å². The molecule has 0 amide bonds. The molecule has 0 saturated heterocycles. The van der Waals surface area contributed by atoms with Crippen LogP contribution in [0.4, 0.5) is 17.1 Å². The van der Waals surface area contributed by atoms with Gasteiger partial charge in [0.1, 0.15) is 16.7 Å². The number of anilines is 3.